The Morgan fingerprint density at radius 3 is 0.469 bits per heavy atom. The molecular weight excluding hydrogens is 675 g/mol. The van der Waals surface area contributed by atoms with Crippen molar-refractivity contribution in [3.8, 4) is 0 Å². The van der Waals surface area contributed by atoms with Gasteiger partial charge in [0.2, 0.25) is 16.2 Å². The molecule has 0 radical (unpaired) electrons. The number of carboxylic acids is 3. The zero-order valence-electron chi connectivity index (χ0n) is 28.0. The minimum absolute atomic E-state index is 0. The smallest absolute Gasteiger partial charge is 0.550 e. The number of ketones is 12. The monoisotopic (exact) mass is 708 g/mol. The van der Waals surface area contributed by atoms with Crippen molar-refractivity contribution < 1.29 is 87.2 Å². The average molecular weight is 709 g/mol. The summed E-state index contributed by atoms with van der Waals surface area (Å²) in [5.41, 5.74) is -7.46. The molecule has 18 nitrogen and oxygen atoms in total. The predicted octanol–water partition coefficient (Wildman–Crippen LogP) is -5.03. The number of hydrogen-bond acceptors (Lipinski definition) is 18. The van der Waals surface area contributed by atoms with Crippen molar-refractivity contribution in [2.75, 3.05) is 0 Å². The van der Waals surface area contributed by atoms with Crippen LogP contribution in [0.1, 0.15) is 81.6 Å². The van der Waals surface area contributed by atoms with Crippen molar-refractivity contribution in [2.45, 2.75) is 81.6 Å². The van der Waals surface area contributed by atoms with Crippen LogP contribution in [-0.2, 0) is 71.9 Å². The van der Waals surface area contributed by atoms with E-state index < -0.39 is 123 Å². The van der Waals surface area contributed by atoms with Gasteiger partial charge in [0.15, 0.2) is 69.4 Å². The van der Waals surface area contributed by atoms with Crippen LogP contribution in [0.15, 0.2) is 0 Å². The third-order valence-electron chi connectivity index (χ3n) is 6.92. The Balaban J connectivity index is -0.000000307. The average Bonchev–Trinajstić information content (AvgIpc) is 2.82. The SMILES string of the molecule is CC(=O)C(C(C)=O)(C(C)=O)C(=O)CC(=O)[O-].CC(=O)C(C(C)=O)(C(C)=O)C(=O)CC(=O)[O-].CC(=O)C(C(C)=O)(C(C)=O)C(=O)CC(=O)[O-].[Al+3]. The molecule has 0 N–H and O–H groups in total. The molecule has 0 aromatic rings. The van der Waals surface area contributed by atoms with Gasteiger partial charge < -0.3 is 29.7 Å². The van der Waals surface area contributed by atoms with Crippen LogP contribution in [0.25, 0.3) is 0 Å². The molecule has 0 aromatic heterocycles. The van der Waals surface area contributed by atoms with Crippen molar-refractivity contribution in [2.24, 2.45) is 16.2 Å². The van der Waals surface area contributed by atoms with E-state index in [0.717, 1.165) is 62.3 Å². The van der Waals surface area contributed by atoms with E-state index in [-0.39, 0.29) is 17.4 Å². The molecule has 0 saturated carbocycles. The van der Waals surface area contributed by atoms with E-state index in [1.807, 2.05) is 0 Å². The molecule has 0 atom stereocenters. The van der Waals surface area contributed by atoms with Gasteiger partial charge in [0.1, 0.15) is 0 Å². The maximum Gasteiger partial charge on any atom is 3.00 e. The first kappa shape index (κ1) is 50.8. The van der Waals surface area contributed by atoms with Gasteiger partial charge in [-0.2, -0.15) is 0 Å². The molecule has 0 aliphatic heterocycles. The number of carboxylic acid groups (broad SMARTS) is 3. The van der Waals surface area contributed by atoms with Crippen LogP contribution in [0.4, 0.5) is 0 Å². The molecule has 0 fully saturated rings. The van der Waals surface area contributed by atoms with Crippen LogP contribution in [0, 0.1) is 16.2 Å². The van der Waals surface area contributed by atoms with Crippen LogP contribution < -0.4 is 15.3 Å². The molecular formula is C30H33AlO18. The number of Topliss-reactive ketones (excluding diaryl/α,β-unsaturated/α-hetero) is 12. The van der Waals surface area contributed by atoms with Crippen LogP contribution in [0.2, 0.25) is 0 Å². The molecule has 0 unspecified atom stereocenters. The second-order valence-corrected chi connectivity index (χ2v) is 10.2. The molecule has 0 amide bonds. The summed E-state index contributed by atoms with van der Waals surface area (Å²) >= 11 is 0. The fourth-order valence-corrected chi connectivity index (χ4v) is 4.79. The van der Waals surface area contributed by atoms with Gasteiger partial charge >= 0.3 is 17.4 Å². The fraction of sp³-hybridized carbons (Fsp3) is 0.500. The first-order valence-corrected chi connectivity index (χ1v) is 13.3. The topological polar surface area (TPSA) is 325 Å². The van der Waals surface area contributed by atoms with E-state index in [0.29, 0.717) is 0 Å². The zero-order valence-corrected chi connectivity index (χ0v) is 29.2. The third-order valence-corrected chi connectivity index (χ3v) is 6.92. The van der Waals surface area contributed by atoms with E-state index in [1.54, 1.807) is 0 Å². The Kier molecular flexibility index (Phi) is 21.1. The van der Waals surface area contributed by atoms with Crippen molar-refractivity contribution >= 4 is 105 Å². The predicted molar refractivity (Wildman–Crippen MR) is 153 cm³/mol. The number of carbonyl (C=O) groups excluding carboxylic acids is 15. The molecule has 0 rings (SSSR count). The Labute approximate surface area is 289 Å². The van der Waals surface area contributed by atoms with Gasteiger partial charge in [-0.1, -0.05) is 0 Å². The maximum absolute atomic E-state index is 11.5. The van der Waals surface area contributed by atoms with E-state index >= 15 is 0 Å². The second kappa shape index (κ2) is 20.4. The summed E-state index contributed by atoms with van der Waals surface area (Å²) in [4.78, 5) is 167. The molecule has 0 aliphatic rings. The summed E-state index contributed by atoms with van der Waals surface area (Å²) in [6, 6.07) is 0. The second-order valence-electron chi connectivity index (χ2n) is 10.2. The van der Waals surface area contributed by atoms with Gasteiger partial charge in [-0.05, 0) is 62.3 Å². The maximum atomic E-state index is 11.5. The molecule has 0 bridgehead atoms. The molecule has 0 aliphatic carbocycles. The summed E-state index contributed by atoms with van der Waals surface area (Å²) in [6.07, 6.45) is -3.42. The zero-order chi connectivity index (χ0) is 39.3. The van der Waals surface area contributed by atoms with Gasteiger partial charge in [-0.25, -0.2) is 0 Å². The Morgan fingerprint density at radius 2 is 0.408 bits per heavy atom. The minimum Gasteiger partial charge on any atom is -0.550 e. The largest absolute Gasteiger partial charge is 3.00 e. The van der Waals surface area contributed by atoms with Crippen LogP contribution in [-0.4, -0.2) is 105 Å². The van der Waals surface area contributed by atoms with Crippen molar-refractivity contribution in [3.05, 3.63) is 0 Å². The third kappa shape index (κ3) is 11.6. The summed E-state index contributed by atoms with van der Waals surface area (Å²) < 4.78 is 0. The van der Waals surface area contributed by atoms with E-state index in [1.165, 1.54) is 0 Å². The molecule has 19 heteroatoms. The number of hydrogen-bond donors (Lipinski definition) is 0. The van der Waals surface area contributed by atoms with Crippen molar-refractivity contribution in [1.29, 1.82) is 0 Å². The van der Waals surface area contributed by atoms with E-state index in [2.05, 4.69) is 0 Å². The van der Waals surface area contributed by atoms with Gasteiger partial charge in [-0.15, -0.1) is 0 Å². The van der Waals surface area contributed by atoms with E-state index in [4.69, 9.17) is 0 Å². The van der Waals surface area contributed by atoms with Gasteiger partial charge in [0, 0.05) is 37.2 Å². The normalized spacial score (nSPS) is 10.5. The molecule has 264 valence electrons. The quantitative estimate of drug-likeness (QED) is 0.0949. The number of rotatable bonds is 18. The van der Waals surface area contributed by atoms with Crippen LogP contribution in [0.5, 0.6) is 0 Å². The standard InChI is InChI=1S/3C10H12O6.Al/c3*1-5(11)10(6(2)12,7(3)13)8(14)4-9(15)16;/h3*4H2,1-3H3,(H,15,16);/q;;;+3/p-3. The summed E-state index contributed by atoms with van der Waals surface area (Å²) in [5.74, 6) is -17.7. The fourth-order valence-electron chi connectivity index (χ4n) is 4.79. The van der Waals surface area contributed by atoms with E-state index in [9.17, 15) is 87.2 Å². The summed E-state index contributed by atoms with van der Waals surface area (Å²) in [6.45, 7) is 8.09. The first-order valence-electron chi connectivity index (χ1n) is 13.3. The Morgan fingerprint density at radius 1 is 0.306 bits per heavy atom. The Bertz CT molecular complexity index is 1210. The van der Waals surface area contributed by atoms with Gasteiger partial charge in [0.05, 0.1) is 0 Å². The van der Waals surface area contributed by atoms with Gasteiger partial charge in [-0.3, -0.25) is 57.5 Å². The molecule has 0 spiro atoms. The Hall–Kier alpha value is -5.02. The molecule has 49 heavy (non-hydrogen) atoms. The van der Waals surface area contributed by atoms with Crippen molar-refractivity contribution in [1.82, 2.24) is 0 Å². The van der Waals surface area contributed by atoms with Gasteiger partial charge in [0.25, 0.3) is 0 Å². The molecule has 0 aromatic carbocycles. The summed E-state index contributed by atoms with van der Waals surface area (Å²) in [7, 11) is 0. The first-order chi connectivity index (χ1) is 21.5. The molecule has 0 heterocycles. The van der Waals surface area contributed by atoms with Crippen LogP contribution in [0.3, 0.4) is 0 Å². The van der Waals surface area contributed by atoms with Crippen molar-refractivity contribution in [3.63, 3.8) is 0 Å². The minimum atomic E-state index is -2.49. The number of carbonyl (C=O) groups is 15. The number of aliphatic carboxylic acids is 3. The molecule has 0 saturated heterocycles. The van der Waals surface area contributed by atoms with Crippen LogP contribution >= 0.6 is 0 Å². The summed E-state index contributed by atoms with van der Waals surface area (Å²) in [5, 5.41) is 30.8.